The van der Waals surface area contributed by atoms with Gasteiger partial charge in [0.1, 0.15) is 6.26 Å². The molecule has 1 rings (SSSR count). The van der Waals surface area contributed by atoms with Gasteiger partial charge in [0.25, 0.3) is 0 Å². The molecule has 3 heteroatoms. The third kappa shape index (κ3) is 4.01. The minimum absolute atomic E-state index is 0.303. The standard InChI is InChI=1S/C5H7NO2.2C2H6/c1-4-3-8-5(7)6(4)2;2*1-2/h3H,1-2H3;2*1-2H3. The molecule has 0 aliphatic carbocycles. The summed E-state index contributed by atoms with van der Waals surface area (Å²) >= 11 is 0. The Morgan fingerprint density at radius 2 is 1.67 bits per heavy atom. The first kappa shape index (κ1) is 13.6. The molecule has 0 aliphatic rings. The van der Waals surface area contributed by atoms with Crippen molar-refractivity contribution >= 4 is 0 Å². The van der Waals surface area contributed by atoms with Crippen LogP contribution in [0, 0.1) is 6.92 Å². The molecule has 0 saturated heterocycles. The van der Waals surface area contributed by atoms with E-state index in [1.807, 2.05) is 34.6 Å². The van der Waals surface area contributed by atoms with E-state index in [0.717, 1.165) is 5.69 Å². The van der Waals surface area contributed by atoms with E-state index in [4.69, 9.17) is 0 Å². The number of rotatable bonds is 0. The Labute approximate surface area is 74.0 Å². The van der Waals surface area contributed by atoms with Gasteiger partial charge in [-0.05, 0) is 6.92 Å². The fourth-order valence-electron chi connectivity index (χ4n) is 0.438. The highest BCUT2D eigenvalue weighted by atomic mass is 16.4. The molecule has 0 bridgehead atoms. The lowest BCUT2D eigenvalue weighted by Gasteiger charge is -1.84. The van der Waals surface area contributed by atoms with Crippen molar-refractivity contribution in [1.82, 2.24) is 4.57 Å². The highest BCUT2D eigenvalue weighted by Crippen LogP contribution is 1.87. The molecule has 0 amide bonds. The third-order valence-electron chi connectivity index (χ3n) is 1.13. The number of oxazole rings is 1. The van der Waals surface area contributed by atoms with E-state index in [1.54, 1.807) is 7.05 Å². The van der Waals surface area contributed by atoms with E-state index in [-0.39, 0.29) is 5.76 Å². The van der Waals surface area contributed by atoms with E-state index in [1.165, 1.54) is 10.8 Å². The van der Waals surface area contributed by atoms with Gasteiger partial charge in [-0.15, -0.1) is 0 Å². The number of hydrogen-bond acceptors (Lipinski definition) is 2. The quantitative estimate of drug-likeness (QED) is 0.603. The largest absolute Gasteiger partial charge is 0.418 e. The maximum atomic E-state index is 10.4. The van der Waals surface area contributed by atoms with Crippen LogP contribution in [0.1, 0.15) is 33.4 Å². The van der Waals surface area contributed by atoms with Gasteiger partial charge in [0.05, 0.1) is 5.69 Å². The number of aryl methyl sites for hydroxylation is 1. The van der Waals surface area contributed by atoms with Gasteiger partial charge >= 0.3 is 5.76 Å². The van der Waals surface area contributed by atoms with Crippen molar-refractivity contribution in [1.29, 1.82) is 0 Å². The topological polar surface area (TPSA) is 35.1 Å². The Bertz CT molecular complexity index is 235. The summed E-state index contributed by atoms with van der Waals surface area (Å²) < 4.78 is 5.95. The van der Waals surface area contributed by atoms with Gasteiger partial charge in [-0.3, -0.25) is 4.57 Å². The Morgan fingerprint density at radius 1 is 1.25 bits per heavy atom. The summed E-state index contributed by atoms with van der Waals surface area (Å²) in [5, 5.41) is 0. The van der Waals surface area contributed by atoms with Crippen molar-refractivity contribution in [2.75, 3.05) is 0 Å². The molecule has 12 heavy (non-hydrogen) atoms. The molecule has 3 nitrogen and oxygen atoms in total. The minimum Gasteiger partial charge on any atom is -0.416 e. The van der Waals surface area contributed by atoms with E-state index < -0.39 is 0 Å². The van der Waals surface area contributed by atoms with Crippen LogP contribution < -0.4 is 5.76 Å². The van der Waals surface area contributed by atoms with E-state index in [0.29, 0.717) is 0 Å². The normalized spacial score (nSPS) is 7.50. The van der Waals surface area contributed by atoms with Crippen LogP contribution in [0.25, 0.3) is 0 Å². The lowest BCUT2D eigenvalue weighted by molar-refractivity contribution is 0.494. The van der Waals surface area contributed by atoms with Crippen LogP contribution in [0.15, 0.2) is 15.5 Å². The van der Waals surface area contributed by atoms with Crippen molar-refractivity contribution in [2.45, 2.75) is 34.6 Å². The lowest BCUT2D eigenvalue weighted by atomic mass is 10.6. The zero-order chi connectivity index (χ0) is 10.1. The highest BCUT2D eigenvalue weighted by Gasteiger charge is 1.94. The third-order valence-corrected chi connectivity index (χ3v) is 1.13. The molecular weight excluding hydrogens is 154 g/mol. The first-order valence-corrected chi connectivity index (χ1v) is 4.33. The molecule has 0 fully saturated rings. The second-order valence-electron chi connectivity index (χ2n) is 1.70. The Kier molecular flexibility index (Phi) is 9.18. The number of aromatic nitrogens is 1. The molecular formula is C9H19NO2. The van der Waals surface area contributed by atoms with Crippen LogP contribution in [-0.4, -0.2) is 4.57 Å². The average molecular weight is 173 g/mol. The SMILES string of the molecule is CC.CC.Cc1coc(=O)n1C. The Hall–Kier alpha value is -0.990. The van der Waals surface area contributed by atoms with Crippen LogP contribution in [0.3, 0.4) is 0 Å². The highest BCUT2D eigenvalue weighted by molar-refractivity contribution is 4.88. The monoisotopic (exact) mass is 173 g/mol. The number of nitrogens with zero attached hydrogens (tertiary/aromatic N) is 1. The fraction of sp³-hybridized carbons (Fsp3) is 0.667. The van der Waals surface area contributed by atoms with Crippen molar-refractivity contribution < 1.29 is 4.42 Å². The first-order valence-electron chi connectivity index (χ1n) is 4.33. The fourth-order valence-corrected chi connectivity index (χ4v) is 0.438. The molecule has 0 aliphatic heterocycles. The van der Waals surface area contributed by atoms with Crippen LogP contribution in [0.5, 0.6) is 0 Å². The van der Waals surface area contributed by atoms with Gasteiger partial charge < -0.3 is 4.42 Å². The zero-order valence-electron chi connectivity index (χ0n) is 8.84. The van der Waals surface area contributed by atoms with Crippen LogP contribution in [0.2, 0.25) is 0 Å². The summed E-state index contributed by atoms with van der Waals surface area (Å²) in [6, 6.07) is 0. The van der Waals surface area contributed by atoms with Gasteiger partial charge in [0.15, 0.2) is 0 Å². The summed E-state index contributed by atoms with van der Waals surface area (Å²) in [5.74, 6) is -0.303. The van der Waals surface area contributed by atoms with Crippen LogP contribution >= 0.6 is 0 Å². The molecule has 1 aromatic heterocycles. The van der Waals surface area contributed by atoms with E-state index in [2.05, 4.69) is 4.42 Å². The summed E-state index contributed by atoms with van der Waals surface area (Å²) in [4.78, 5) is 10.4. The summed E-state index contributed by atoms with van der Waals surface area (Å²) in [7, 11) is 1.67. The van der Waals surface area contributed by atoms with Gasteiger partial charge in [-0.2, -0.15) is 0 Å². The smallest absolute Gasteiger partial charge is 0.416 e. The van der Waals surface area contributed by atoms with Crippen molar-refractivity contribution in [2.24, 2.45) is 7.05 Å². The van der Waals surface area contributed by atoms with Crippen molar-refractivity contribution in [3.63, 3.8) is 0 Å². The molecule has 1 aromatic rings. The van der Waals surface area contributed by atoms with Gasteiger partial charge in [0.2, 0.25) is 0 Å². The first-order chi connectivity index (χ1) is 5.72. The molecule has 0 aromatic carbocycles. The molecule has 0 radical (unpaired) electrons. The Balaban J connectivity index is 0. The molecule has 0 spiro atoms. The minimum atomic E-state index is -0.303. The Morgan fingerprint density at radius 3 is 1.75 bits per heavy atom. The molecule has 0 unspecified atom stereocenters. The van der Waals surface area contributed by atoms with E-state index >= 15 is 0 Å². The van der Waals surface area contributed by atoms with Crippen LogP contribution in [0.4, 0.5) is 0 Å². The van der Waals surface area contributed by atoms with Gasteiger partial charge in [-0.1, -0.05) is 27.7 Å². The van der Waals surface area contributed by atoms with Crippen molar-refractivity contribution in [3.05, 3.63) is 22.5 Å². The second-order valence-corrected chi connectivity index (χ2v) is 1.70. The van der Waals surface area contributed by atoms with E-state index in [9.17, 15) is 4.79 Å². The maximum absolute atomic E-state index is 10.4. The van der Waals surface area contributed by atoms with Gasteiger partial charge in [0, 0.05) is 7.05 Å². The molecule has 0 N–H and O–H groups in total. The molecule has 1 heterocycles. The predicted octanol–water partition coefficient (Wildman–Crippen LogP) is 2.34. The van der Waals surface area contributed by atoms with Crippen molar-refractivity contribution in [3.8, 4) is 0 Å². The summed E-state index contributed by atoms with van der Waals surface area (Å²) in [6.07, 6.45) is 1.43. The maximum Gasteiger partial charge on any atom is 0.418 e. The molecule has 72 valence electrons. The summed E-state index contributed by atoms with van der Waals surface area (Å²) in [5.41, 5.74) is 0.843. The molecule has 0 atom stereocenters. The second kappa shape index (κ2) is 8.11. The van der Waals surface area contributed by atoms with Crippen LogP contribution in [-0.2, 0) is 7.05 Å². The summed E-state index contributed by atoms with van der Waals surface area (Å²) in [6.45, 7) is 9.81. The molecule has 0 saturated carbocycles. The number of hydrogen-bond donors (Lipinski definition) is 0. The lowest BCUT2D eigenvalue weighted by Crippen LogP contribution is -2.09. The predicted molar refractivity (Wildman–Crippen MR) is 51.4 cm³/mol. The van der Waals surface area contributed by atoms with Gasteiger partial charge in [-0.25, -0.2) is 4.79 Å². The average Bonchev–Trinajstić information content (AvgIpc) is 2.43. The zero-order valence-corrected chi connectivity index (χ0v) is 8.84.